The maximum absolute atomic E-state index is 14.2. The first-order valence-electron chi connectivity index (χ1n) is 6.00. The van der Waals surface area contributed by atoms with Gasteiger partial charge in [0.2, 0.25) is 0 Å². The SMILES string of the molecule is CCCn1c(Sc2ccc(C(=O)O)c(Br)c2F)n[nH]c1=O. The van der Waals surface area contributed by atoms with E-state index >= 15 is 0 Å². The number of carboxylic acids is 1. The molecule has 1 aromatic carbocycles. The molecule has 0 atom stereocenters. The number of H-pyrrole nitrogens is 1. The van der Waals surface area contributed by atoms with Crippen molar-refractivity contribution in [3.63, 3.8) is 0 Å². The second-order valence-electron chi connectivity index (χ2n) is 4.11. The number of aromatic carboxylic acids is 1. The van der Waals surface area contributed by atoms with Crippen molar-refractivity contribution in [3.05, 3.63) is 38.5 Å². The number of aromatic nitrogens is 3. The largest absolute Gasteiger partial charge is 0.478 e. The first kappa shape index (κ1) is 15.8. The van der Waals surface area contributed by atoms with E-state index in [1.165, 1.54) is 16.7 Å². The van der Waals surface area contributed by atoms with Crippen molar-refractivity contribution in [3.8, 4) is 0 Å². The molecule has 0 spiro atoms. The van der Waals surface area contributed by atoms with Crippen LogP contribution >= 0.6 is 27.7 Å². The van der Waals surface area contributed by atoms with Crippen molar-refractivity contribution in [2.45, 2.75) is 29.9 Å². The normalized spacial score (nSPS) is 10.8. The number of halogens is 2. The number of aromatic amines is 1. The Bertz CT molecular complexity index is 744. The fraction of sp³-hybridized carbons (Fsp3) is 0.250. The molecule has 0 aliphatic rings. The Kier molecular flexibility index (Phi) is 4.84. The third-order valence-electron chi connectivity index (χ3n) is 2.65. The van der Waals surface area contributed by atoms with E-state index in [0.29, 0.717) is 11.7 Å². The number of nitrogens with zero attached hydrogens (tertiary/aromatic N) is 2. The molecule has 0 amide bonds. The number of nitrogens with one attached hydrogen (secondary N) is 1. The van der Waals surface area contributed by atoms with Gasteiger partial charge in [0.05, 0.1) is 14.9 Å². The van der Waals surface area contributed by atoms with Crippen LogP contribution < -0.4 is 5.69 Å². The highest BCUT2D eigenvalue weighted by atomic mass is 79.9. The molecule has 0 aliphatic heterocycles. The van der Waals surface area contributed by atoms with E-state index in [4.69, 9.17) is 5.11 Å². The molecular formula is C12H11BrFN3O3S. The minimum Gasteiger partial charge on any atom is -0.478 e. The fourth-order valence-electron chi connectivity index (χ4n) is 1.68. The highest BCUT2D eigenvalue weighted by molar-refractivity contribution is 9.10. The van der Waals surface area contributed by atoms with Crippen LogP contribution in [0.15, 0.2) is 31.5 Å². The van der Waals surface area contributed by atoms with Crippen LogP contribution in [0, 0.1) is 5.82 Å². The molecule has 2 N–H and O–H groups in total. The molecule has 0 aliphatic carbocycles. The average molecular weight is 376 g/mol. The number of rotatable bonds is 5. The lowest BCUT2D eigenvalue weighted by Crippen LogP contribution is -2.17. The van der Waals surface area contributed by atoms with Crippen LogP contribution in [0.2, 0.25) is 0 Å². The molecular weight excluding hydrogens is 365 g/mol. The summed E-state index contributed by atoms with van der Waals surface area (Å²) in [5.74, 6) is -1.92. The lowest BCUT2D eigenvalue weighted by molar-refractivity contribution is 0.0695. The zero-order valence-corrected chi connectivity index (χ0v) is 13.3. The Morgan fingerprint density at radius 3 is 2.90 bits per heavy atom. The van der Waals surface area contributed by atoms with Crippen LogP contribution in [0.25, 0.3) is 0 Å². The number of benzene rings is 1. The third-order valence-corrected chi connectivity index (χ3v) is 4.45. The molecule has 112 valence electrons. The zero-order chi connectivity index (χ0) is 15.6. The van der Waals surface area contributed by atoms with Gasteiger partial charge >= 0.3 is 11.7 Å². The second kappa shape index (κ2) is 6.44. The maximum Gasteiger partial charge on any atom is 0.343 e. The molecule has 0 saturated heterocycles. The molecule has 1 aromatic heterocycles. The molecule has 9 heteroatoms. The van der Waals surface area contributed by atoms with Gasteiger partial charge in [0.25, 0.3) is 0 Å². The molecule has 21 heavy (non-hydrogen) atoms. The number of carboxylic acid groups (broad SMARTS) is 1. The summed E-state index contributed by atoms with van der Waals surface area (Å²) in [5, 5.41) is 15.4. The van der Waals surface area contributed by atoms with Gasteiger partial charge in [0.15, 0.2) is 11.0 Å². The topological polar surface area (TPSA) is 88.0 Å². The Hall–Kier alpha value is -1.61. The Morgan fingerprint density at radius 2 is 2.29 bits per heavy atom. The van der Waals surface area contributed by atoms with Crippen molar-refractivity contribution in [1.82, 2.24) is 14.8 Å². The van der Waals surface area contributed by atoms with Crippen LogP contribution in [0.3, 0.4) is 0 Å². The van der Waals surface area contributed by atoms with E-state index in [-0.39, 0.29) is 20.6 Å². The predicted molar refractivity (Wildman–Crippen MR) is 78.3 cm³/mol. The summed E-state index contributed by atoms with van der Waals surface area (Å²) in [6, 6.07) is 2.65. The van der Waals surface area contributed by atoms with Crippen molar-refractivity contribution >= 4 is 33.7 Å². The molecule has 2 rings (SSSR count). The van der Waals surface area contributed by atoms with Gasteiger partial charge in [-0.3, -0.25) is 4.57 Å². The van der Waals surface area contributed by atoms with E-state index in [1.54, 1.807) is 0 Å². The Morgan fingerprint density at radius 1 is 1.57 bits per heavy atom. The molecule has 6 nitrogen and oxygen atoms in total. The van der Waals surface area contributed by atoms with Crippen LogP contribution in [-0.4, -0.2) is 25.8 Å². The van der Waals surface area contributed by atoms with E-state index in [1.807, 2.05) is 6.92 Å². The molecule has 0 radical (unpaired) electrons. The van der Waals surface area contributed by atoms with Gasteiger partial charge in [0.1, 0.15) is 0 Å². The zero-order valence-electron chi connectivity index (χ0n) is 10.9. The molecule has 0 saturated carbocycles. The van der Waals surface area contributed by atoms with Crippen molar-refractivity contribution in [1.29, 1.82) is 0 Å². The first-order valence-corrected chi connectivity index (χ1v) is 7.61. The fourth-order valence-corrected chi connectivity index (χ4v) is 3.22. The number of hydrogen-bond donors (Lipinski definition) is 2. The van der Waals surface area contributed by atoms with Crippen molar-refractivity contribution in [2.75, 3.05) is 0 Å². The molecule has 0 bridgehead atoms. The van der Waals surface area contributed by atoms with Gasteiger partial charge in [-0.05, 0) is 46.2 Å². The average Bonchev–Trinajstić information content (AvgIpc) is 2.77. The van der Waals surface area contributed by atoms with Gasteiger partial charge in [0, 0.05) is 6.54 Å². The van der Waals surface area contributed by atoms with Gasteiger partial charge in [-0.2, -0.15) is 0 Å². The first-order chi connectivity index (χ1) is 9.95. The number of carbonyl (C=O) groups is 1. The predicted octanol–water partition coefficient (Wildman–Crippen LogP) is 2.73. The van der Waals surface area contributed by atoms with Crippen molar-refractivity contribution in [2.24, 2.45) is 0 Å². The number of hydrogen-bond acceptors (Lipinski definition) is 4. The third kappa shape index (κ3) is 3.18. The summed E-state index contributed by atoms with van der Waals surface area (Å²) in [4.78, 5) is 22.7. The van der Waals surface area contributed by atoms with Crippen LogP contribution in [0.1, 0.15) is 23.7 Å². The summed E-state index contributed by atoms with van der Waals surface area (Å²) in [7, 11) is 0. The highest BCUT2D eigenvalue weighted by Crippen LogP contribution is 2.33. The minimum atomic E-state index is -1.22. The van der Waals surface area contributed by atoms with Crippen LogP contribution in [-0.2, 0) is 6.54 Å². The van der Waals surface area contributed by atoms with E-state index in [9.17, 15) is 14.0 Å². The van der Waals surface area contributed by atoms with Crippen LogP contribution in [0.5, 0.6) is 0 Å². The van der Waals surface area contributed by atoms with E-state index < -0.39 is 11.8 Å². The minimum absolute atomic E-state index is 0.125. The Labute approximate surface area is 131 Å². The monoisotopic (exact) mass is 375 g/mol. The second-order valence-corrected chi connectivity index (χ2v) is 5.91. The van der Waals surface area contributed by atoms with Crippen LogP contribution in [0.4, 0.5) is 4.39 Å². The summed E-state index contributed by atoms with van der Waals surface area (Å²) in [6.45, 7) is 2.38. The molecule has 1 heterocycles. The Balaban J connectivity index is 2.39. The molecule has 0 fully saturated rings. The van der Waals surface area contributed by atoms with E-state index in [0.717, 1.165) is 18.2 Å². The maximum atomic E-state index is 14.2. The highest BCUT2D eigenvalue weighted by Gasteiger charge is 2.18. The summed E-state index contributed by atoms with van der Waals surface area (Å²) < 4.78 is 15.5. The molecule has 2 aromatic rings. The summed E-state index contributed by atoms with van der Waals surface area (Å²) in [5.41, 5.74) is -0.522. The quantitative estimate of drug-likeness (QED) is 0.838. The summed E-state index contributed by atoms with van der Waals surface area (Å²) in [6.07, 6.45) is 0.733. The lowest BCUT2D eigenvalue weighted by Gasteiger charge is -2.07. The lowest BCUT2D eigenvalue weighted by atomic mass is 10.2. The van der Waals surface area contributed by atoms with Gasteiger partial charge in [-0.25, -0.2) is 19.1 Å². The smallest absolute Gasteiger partial charge is 0.343 e. The van der Waals surface area contributed by atoms with Crippen molar-refractivity contribution < 1.29 is 14.3 Å². The van der Waals surface area contributed by atoms with E-state index in [2.05, 4.69) is 26.1 Å². The van der Waals surface area contributed by atoms with Gasteiger partial charge in [-0.15, -0.1) is 5.10 Å². The molecule has 0 unspecified atom stereocenters. The summed E-state index contributed by atoms with van der Waals surface area (Å²) >= 11 is 3.89. The standard InChI is InChI=1S/C12H11BrFN3O3S/c1-2-5-17-11(20)15-16-12(17)21-7-4-3-6(10(18)19)8(13)9(7)14/h3-4H,2,5H2,1H3,(H,15,20)(H,18,19). The van der Waals surface area contributed by atoms with Gasteiger partial charge in [-0.1, -0.05) is 6.92 Å². The van der Waals surface area contributed by atoms with Gasteiger partial charge < -0.3 is 5.11 Å².